The number of carbonyl (C=O) groups is 1. The van der Waals surface area contributed by atoms with Gasteiger partial charge in [0.1, 0.15) is 0 Å². The fourth-order valence-electron chi connectivity index (χ4n) is 3.30. The van der Waals surface area contributed by atoms with Gasteiger partial charge in [0.15, 0.2) is 5.96 Å². The number of hydrogen-bond donors (Lipinski definition) is 1. The Morgan fingerprint density at radius 1 is 1.30 bits per heavy atom. The van der Waals surface area contributed by atoms with E-state index in [4.69, 9.17) is 9.47 Å². The Balaban J connectivity index is 0.00000364. The van der Waals surface area contributed by atoms with Gasteiger partial charge in [-0.3, -0.25) is 9.79 Å². The molecule has 152 valence electrons. The molecule has 27 heavy (non-hydrogen) atoms. The summed E-state index contributed by atoms with van der Waals surface area (Å²) in [6.07, 6.45) is 1.02. The number of esters is 1. The average molecular weight is 489 g/mol. The van der Waals surface area contributed by atoms with Gasteiger partial charge in [0.25, 0.3) is 0 Å². The van der Waals surface area contributed by atoms with Crippen molar-refractivity contribution in [2.24, 2.45) is 16.8 Å². The lowest BCUT2D eigenvalue weighted by Crippen LogP contribution is -2.40. The second-order valence-electron chi connectivity index (χ2n) is 6.73. The van der Waals surface area contributed by atoms with Gasteiger partial charge in [0.2, 0.25) is 0 Å². The smallest absolute Gasteiger partial charge is 0.310 e. The van der Waals surface area contributed by atoms with Crippen molar-refractivity contribution in [1.82, 2.24) is 10.2 Å². The highest BCUT2D eigenvalue weighted by molar-refractivity contribution is 14.0. The molecule has 1 fully saturated rings. The first-order valence-electron chi connectivity index (χ1n) is 9.28. The SMILES string of the molecule is CCCOCc1ccccc1CNC(=NC)N1CC(C)C(C(=O)OC)C1.I. The molecule has 6 nitrogen and oxygen atoms in total. The number of guanidine groups is 1. The van der Waals surface area contributed by atoms with E-state index in [9.17, 15) is 4.79 Å². The fraction of sp³-hybridized carbons (Fsp3) is 0.600. The van der Waals surface area contributed by atoms with Crippen LogP contribution in [0.25, 0.3) is 0 Å². The van der Waals surface area contributed by atoms with Crippen LogP contribution < -0.4 is 5.32 Å². The van der Waals surface area contributed by atoms with Gasteiger partial charge in [-0.15, -0.1) is 24.0 Å². The van der Waals surface area contributed by atoms with Gasteiger partial charge in [-0.25, -0.2) is 0 Å². The molecule has 1 aliphatic heterocycles. The monoisotopic (exact) mass is 489 g/mol. The number of nitrogens with one attached hydrogen (secondary N) is 1. The van der Waals surface area contributed by atoms with Gasteiger partial charge in [0, 0.05) is 33.3 Å². The van der Waals surface area contributed by atoms with Crippen molar-refractivity contribution in [2.45, 2.75) is 33.4 Å². The number of benzene rings is 1. The van der Waals surface area contributed by atoms with E-state index in [1.807, 2.05) is 12.1 Å². The highest BCUT2D eigenvalue weighted by atomic mass is 127. The number of methoxy groups -OCH3 is 1. The Morgan fingerprint density at radius 3 is 2.63 bits per heavy atom. The summed E-state index contributed by atoms with van der Waals surface area (Å²) < 4.78 is 10.6. The number of rotatable bonds is 7. The van der Waals surface area contributed by atoms with E-state index in [1.54, 1.807) is 7.05 Å². The predicted octanol–water partition coefficient (Wildman–Crippen LogP) is 3.05. The zero-order valence-corrected chi connectivity index (χ0v) is 19.1. The third kappa shape index (κ3) is 6.64. The number of nitrogens with zero attached hydrogens (tertiary/aromatic N) is 2. The van der Waals surface area contributed by atoms with E-state index >= 15 is 0 Å². The lowest BCUT2D eigenvalue weighted by molar-refractivity contribution is -0.145. The number of carbonyl (C=O) groups excluding carboxylic acids is 1. The minimum atomic E-state index is -0.145. The van der Waals surface area contributed by atoms with Crippen LogP contribution in [0.3, 0.4) is 0 Å². The Bertz CT molecular complexity index is 624. The molecule has 0 aliphatic carbocycles. The van der Waals surface area contributed by atoms with Crippen LogP contribution in [0.1, 0.15) is 31.4 Å². The van der Waals surface area contributed by atoms with Crippen LogP contribution in [0.2, 0.25) is 0 Å². The van der Waals surface area contributed by atoms with Gasteiger partial charge in [-0.05, 0) is 23.5 Å². The highest BCUT2D eigenvalue weighted by Gasteiger charge is 2.36. The number of halogens is 1. The molecule has 1 aromatic rings. The van der Waals surface area contributed by atoms with E-state index in [1.165, 1.54) is 18.2 Å². The first-order valence-corrected chi connectivity index (χ1v) is 9.28. The second kappa shape index (κ2) is 12.2. The second-order valence-corrected chi connectivity index (χ2v) is 6.73. The molecule has 0 radical (unpaired) electrons. The highest BCUT2D eigenvalue weighted by Crippen LogP contribution is 2.24. The van der Waals surface area contributed by atoms with Gasteiger partial charge in [-0.1, -0.05) is 38.1 Å². The Kier molecular flexibility index (Phi) is 10.7. The Labute approximate surface area is 179 Å². The van der Waals surface area contributed by atoms with E-state index in [0.29, 0.717) is 19.7 Å². The molecular weight excluding hydrogens is 457 g/mol. The molecule has 2 unspecified atom stereocenters. The summed E-state index contributed by atoms with van der Waals surface area (Å²) in [6, 6.07) is 8.27. The molecule has 0 bridgehead atoms. The van der Waals surface area contributed by atoms with Crippen molar-refractivity contribution < 1.29 is 14.3 Å². The van der Waals surface area contributed by atoms with Gasteiger partial charge >= 0.3 is 5.97 Å². The number of hydrogen-bond acceptors (Lipinski definition) is 4. The van der Waals surface area contributed by atoms with Crippen LogP contribution >= 0.6 is 24.0 Å². The summed E-state index contributed by atoms with van der Waals surface area (Å²) in [5.41, 5.74) is 2.38. The van der Waals surface area contributed by atoms with Crippen molar-refractivity contribution in [3.8, 4) is 0 Å². The molecule has 7 heteroatoms. The Morgan fingerprint density at radius 2 is 2.00 bits per heavy atom. The quantitative estimate of drug-likeness (QED) is 0.210. The number of ether oxygens (including phenoxy) is 2. The fourth-order valence-corrected chi connectivity index (χ4v) is 3.30. The normalized spacial score (nSPS) is 19.6. The lowest BCUT2D eigenvalue weighted by atomic mass is 9.99. The largest absolute Gasteiger partial charge is 0.469 e. The van der Waals surface area contributed by atoms with Gasteiger partial charge < -0.3 is 19.7 Å². The maximum Gasteiger partial charge on any atom is 0.310 e. The summed E-state index contributed by atoms with van der Waals surface area (Å²) >= 11 is 0. The van der Waals surface area contributed by atoms with Crippen LogP contribution in [-0.4, -0.2) is 50.7 Å². The molecule has 0 saturated carbocycles. The van der Waals surface area contributed by atoms with Crippen molar-refractivity contribution in [2.75, 3.05) is 33.9 Å². The first kappa shape index (κ1) is 23.7. The third-order valence-corrected chi connectivity index (χ3v) is 4.79. The van der Waals surface area contributed by atoms with E-state index in [0.717, 1.165) is 25.5 Å². The van der Waals surface area contributed by atoms with Crippen molar-refractivity contribution in [3.05, 3.63) is 35.4 Å². The zero-order chi connectivity index (χ0) is 18.9. The van der Waals surface area contributed by atoms with Crippen molar-refractivity contribution >= 4 is 35.9 Å². The molecule has 1 saturated heterocycles. The molecule has 2 rings (SSSR count). The molecule has 0 spiro atoms. The summed E-state index contributed by atoms with van der Waals surface area (Å²) in [6.45, 7) is 7.67. The average Bonchev–Trinajstić information content (AvgIpc) is 3.04. The molecule has 2 atom stereocenters. The third-order valence-electron chi connectivity index (χ3n) is 4.79. The molecule has 1 aromatic carbocycles. The first-order chi connectivity index (χ1) is 12.6. The maximum absolute atomic E-state index is 11.9. The van der Waals surface area contributed by atoms with Gasteiger partial charge in [0.05, 0.1) is 19.6 Å². The van der Waals surface area contributed by atoms with Crippen LogP contribution in [0.15, 0.2) is 29.3 Å². The van der Waals surface area contributed by atoms with Crippen molar-refractivity contribution in [1.29, 1.82) is 0 Å². The molecule has 1 heterocycles. The minimum absolute atomic E-state index is 0. The van der Waals surface area contributed by atoms with E-state index < -0.39 is 0 Å². The topological polar surface area (TPSA) is 63.2 Å². The van der Waals surface area contributed by atoms with Crippen LogP contribution in [0.4, 0.5) is 0 Å². The molecule has 1 aliphatic rings. The zero-order valence-electron chi connectivity index (χ0n) is 16.7. The van der Waals surface area contributed by atoms with Crippen LogP contribution in [0.5, 0.6) is 0 Å². The molecule has 1 N–H and O–H groups in total. The standard InChI is InChI=1S/C20H31N3O3.HI/c1-5-10-26-14-17-9-7-6-8-16(17)11-22-20(21-3)23-12-15(2)18(13-23)19(24)25-4;/h6-9,15,18H,5,10-14H2,1-4H3,(H,21,22);1H. The number of aliphatic imine (C=N–C) groups is 1. The maximum atomic E-state index is 11.9. The molecular formula is C20H32IN3O3. The van der Waals surface area contributed by atoms with Gasteiger partial charge in [-0.2, -0.15) is 0 Å². The van der Waals surface area contributed by atoms with E-state index in [-0.39, 0.29) is 41.8 Å². The van der Waals surface area contributed by atoms with Crippen molar-refractivity contribution in [3.63, 3.8) is 0 Å². The molecule has 0 amide bonds. The minimum Gasteiger partial charge on any atom is -0.469 e. The summed E-state index contributed by atoms with van der Waals surface area (Å²) in [4.78, 5) is 18.4. The lowest BCUT2D eigenvalue weighted by Gasteiger charge is -2.22. The predicted molar refractivity (Wildman–Crippen MR) is 118 cm³/mol. The Hall–Kier alpha value is -1.35. The summed E-state index contributed by atoms with van der Waals surface area (Å²) in [7, 11) is 3.22. The summed E-state index contributed by atoms with van der Waals surface area (Å²) in [5, 5.41) is 3.42. The number of likely N-dealkylation sites (tertiary alicyclic amines) is 1. The van der Waals surface area contributed by atoms with Crippen LogP contribution in [-0.2, 0) is 27.4 Å². The van der Waals surface area contributed by atoms with Crippen LogP contribution in [0, 0.1) is 11.8 Å². The summed E-state index contributed by atoms with van der Waals surface area (Å²) in [5.74, 6) is 0.811. The van der Waals surface area contributed by atoms with E-state index in [2.05, 4.69) is 41.2 Å². The molecule has 0 aromatic heterocycles.